The van der Waals surface area contributed by atoms with Crippen molar-refractivity contribution in [2.75, 3.05) is 13.1 Å². The van der Waals surface area contributed by atoms with Crippen LogP contribution in [0.5, 0.6) is 0 Å². The zero-order valence-corrected chi connectivity index (χ0v) is 19.9. The normalized spacial score (nSPS) is 15.9. The standard InChI is InChI=1S/C23H20F4N6O3S/c24-17-5-2-6-18(12-17)37(35,36)32-9-7-15(8-10-32)20-28-21-19(22(34)29-20)30-31-33(21)13-14-3-1-4-16(11-14)23(25,26)27/h1-6,11-12,15H,7-10,13H2,(H,28,29,34). The van der Waals surface area contributed by atoms with E-state index < -0.39 is 33.1 Å². The van der Waals surface area contributed by atoms with Gasteiger partial charge in [0.05, 0.1) is 17.0 Å². The first-order valence-corrected chi connectivity index (χ1v) is 12.7. The number of H-pyrrole nitrogens is 1. The molecule has 0 amide bonds. The summed E-state index contributed by atoms with van der Waals surface area (Å²) in [5.74, 6) is -0.623. The van der Waals surface area contributed by atoms with Gasteiger partial charge in [-0.2, -0.15) is 17.5 Å². The van der Waals surface area contributed by atoms with Gasteiger partial charge >= 0.3 is 6.18 Å². The third kappa shape index (κ3) is 4.98. The molecule has 9 nitrogen and oxygen atoms in total. The van der Waals surface area contributed by atoms with Crippen molar-refractivity contribution >= 4 is 21.2 Å². The van der Waals surface area contributed by atoms with E-state index in [9.17, 15) is 30.8 Å². The summed E-state index contributed by atoms with van der Waals surface area (Å²) in [6.45, 7) is 0.181. The minimum Gasteiger partial charge on any atom is -0.308 e. The molecule has 0 spiro atoms. The number of benzene rings is 2. The van der Waals surface area contributed by atoms with Crippen molar-refractivity contribution in [3.05, 3.63) is 81.7 Å². The van der Waals surface area contributed by atoms with Crippen LogP contribution in [0, 0.1) is 5.82 Å². The number of hydrogen-bond donors (Lipinski definition) is 1. The summed E-state index contributed by atoms with van der Waals surface area (Å²) in [5.41, 5.74) is -0.986. The molecule has 1 aliphatic heterocycles. The number of rotatable bonds is 5. The molecule has 194 valence electrons. The van der Waals surface area contributed by atoms with Gasteiger partial charge in [0.15, 0.2) is 11.2 Å². The van der Waals surface area contributed by atoms with Crippen LogP contribution in [0.2, 0.25) is 0 Å². The lowest BCUT2D eigenvalue weighted by molar-refractivity contribution is -0.137. The van der Waals surface area contributed by atoms with Crippen molar-refractivity contribution < 1.29 is 26.0 Å². The minimum absolute atomic E-state index is 0.0538. The van der Waals surface area contributed by atoms with E-state index in [0.29, 0.717) is 24.2 Å². The number of piperidine rings is 1. The average Bonchev–Trinajstić information content (AvgIpc) is 3.27. The average molecular weight is 537 g/mol. The highest BCUT2D eigenvalue weighted by Gasteiger charge is 2.32. The summed E-state index contributed by atoms with van der Waals surface area (Å²) in [6, 6.07) is 9.54. The highest BCUT2D eigenvalue weighted by molar-refractivity contribution is 7.89. The number of fused-ring (bicyclic) bond motifs is 1. The van der Waals surface area contributed by atoms with Crippen LogP contribution in [0.25, 0.3) is 11.2 Å². The van der Waals surface area contributed by atoms with Crippen LogP contribution in [0.4, 0.5) is 17.6 Å². The Hall–Kier alpha value is -3.65. The fourth-order valence-corrected chi connectivity index (χ4v) is 5.85. The third-order valence-electron chi connectivity index (χ3n) is 6.25. The van der Waals surface area contributed by atoms with E-state index in [-0.39, 0.29) is 41.6 Å². The van der Waals surface area contributed by atoms with E-state index in [1.807, 2.05) is 0 Å². The third-order valence-corrected chi connectivity index (χ3v) is 8.15. The highest BCUT2D eigenvalue weighted by Crippen LogP contribution is 2.31. The molecule has 0 bridgehead atoms. The maximum atomic E-state index is 13.5. The lowest BCUT2D eigenvalue weighted by Crippen LogP contribution is -2.38. The van der Waals surface area contributed by atoms with Crippen LogP contribution in [-0.4, -0.2) is 50.8 Å². The molecular weight excluding hydrogens is 516 g/mol. The van der Waals surface area contributed by atoms with Crippen molar-refractivity contribution in [2.45, 2.75) is 36.4 Å². The van der Waals surface area contributed by atoms with Crippen molar-refractivity contribution in [3.8, 4) is 0 Å². The molecule has 1 fully saturated rings. The lowest BCUT2D eigenvalue weighted by atomic mass is 9.97. The van der Waals surface area contributed by atoms with E-state index in [1.165, 1.54) is 33.3 Å². The molecule has 2 aromatic heterocycles. The highest BCUT2D eigenvalue weighted by atomic mass is 32.2. The number of aromatic amines is 1. The smallest absolute Gasteiger partial charge is 0.308 e. The van der Waals surface area contributed by atoms with Crippen LogP contribution in [-0.2, 0) is 22.7 Å². The van der Waals surface area contributed by atoms with Crippen molar-refractivity contribution in [3.63, 3.8) is 0 Å². The van der Waals surface area contributed by atoms with E-state index >= 15 is 0 Å². The predicted molar refractivity (Wildman–Crippen MR) is 124 cm³/mol. The molecule has 1 saturated heterocycles. The van der Waals surface area contributed by atoms with Crippen LogP contribution < -0.4 is 5.56 Å². The SMILES string of the molecule is O=c1[nH]c(C2CCN(S(=O)(=O)c3cccc(F)c3)CC2)nc2c1nnn2Cc1cccc(C(F)(F)F)c1. The Labute approximate surface area is 207 Å². The Balaban J connectivity index is 1.37. The second-order valence-corrected chi connectivity index (χ2v) is 10.6. The predicted octanol–water partition coefficient (Wildman–Crippen LogP) is 3.29. The minimum atomic E-state index is -4.50. The maximum Gasteiger partial charge on any atom is 0.416 e. The summed E-state index contributed by atoms with van der Waals surface area (Å²) in [6.07, 6.45) is -3.81. The van der Waals surface area contributed by atoms with E-state index in [1.54, 1.807) is 0 Å². The van der Waals surface area contributed by atoms with Crippen molar-refractivity contribution in [1.82, 2.24) is 29.3 Å². The molecule has 0 radical (unpaired) electrons. The Kier molecular flexibility index (Phi) is 6.31. The summed E-state index contributed by atoms with van der Waals surface area (Å²) < 4.78 is 81.0. The van der Waals surface area contributed by atoms with Gasteiger partial charge in [-0.1, -0.05) is 23.4 Å². The van der Waals surface area contributed by atoms with E-state index in [2.05, 4.69) is 20.3 Å². The second-order valence-electron chi connectivity index (χ2n) is 8.70. The summed E-state index contributed by atoms with van der Waals surface area (Å²) >= 11 is 0. The quantitative estimate of drug-likeness (QED) is 0.392. The van der Waals surface area contributed by atoms with Gasteiger partial charge in [0.25, 0.3) is 5.56 Å². The van der Waals surface area contributed by atoms with Crippen LogP contribution in [0.15, 0.2) is 58.2 Å². The van der Waals surface area contributed by atoms with Gasteiger partial charge < -0.3 is 4.98 Å². The lowest BCUT2D eigenvalue weighted by Gasteiger charge is -2.30. The topological polar surface area (TPSA) is 114 Å². The molecule has 1 N–H and O–H groups in total. The second kappa shape index (κ2) is 9.34. The van der Waals surface area contributed by atoms with Crippen LogP contribution >= 0.6 is 0 Å². The molecule has 0 unspecified atom stereocenters. The molecule has 37 heavy (non-hydrogen) atoms. The van der Waals surface area contributed by atoms with Crippen LogP contribution in [0.1, 0.15) is 35.7 Å². The van der Waals surface area contributed by atoms with E-state index in [0.717, 1.165) is 24.3 Å². The number of hydrogen-bond acceptors (Lipinski definition) is 6. The molecule has 1 aliphatic rings. The number of aromatic nitrogens is 5. The molecule has 3 heterocycles. The molecule has 0 atom stereocenters. The monoisotopic (exact) mass is 536 g/mol. The Morgan fingerprint density at radius 1 is 1.05 bits per heavy atom. The zero-order chi connectivity index (χ0) is 26.4. The zero-order valence-electron chi connectivity index (χ0n) is 19.1. The fraction of sp³-hybridized carbons (Fsp3) is 0.304. The largest absolute Gasteiger partial charge is 0.416 e. The van der Waals surface area contributed by atoms with Gasteiger partial charge in [-0.15, -0.1) is 5.10 Å². The number of sulfonamides is 1. The van der Waals surface area contributed by atoms with Gasteiger partial charge in [0.1, 0.15) is 11.6 Å². The fourth-order valence-electron chi connectivity index (χ4n) is 4.35. The van der Waals surface area contributed by atoms with Gasteiger partial charge in [0, 0.05) is 19.0 Å². The first kappa shape index (κ1) is 25.0. The first-order valence-electron chi connectivity index (χ1n) is 11.3. The Morgan fingerprint density at radius 2 is 1.78 bits per heavy atom. The van der Waals surface area contributed by atoms with E-state index in [4.69, 9.17) is 0 Å². The molecule has 14 heteroatoms. The van der Waals surface area contributed by atoms with Crippen LogP contribution in [0.3, 0.4) is 0 Å². The maximum absolute atomic E-state index is 13.5. The molecule has 0 saturated carbocycles. The molecule has 0 aliphatic carbocycles. The first-order chi connectivity index (χ1) is 17.5. The van der Waals surface area contributed by atoms with Crippen molar-refractivity contribution in [1.29, 1.82) is 0 Å². The van der Waals surface area contributed by atoms with Gasteiger partial charge in [0.2, 0.25) is 10.0 Å². The van der Waals surface area contributed by atoms with Gasteiger partial charge in [-0.3, -0.25) is 4.79 Å². The molecule has 2 aromatic carbocycles. The number of nitrogens with one attached hydrogen (secondary N) is 1. The molecule has 5 rings (SSSR count). The molecule has 4 aromatic rings. The van der Waals surface area contributed by atoms with Gasteiger partial charge in [-0.05, 0) is 48.7 Å². The van der Waals surface area contributed by atoms with Crippen molar-refractivity contribution in [2.24, 2.45) is 0 Å². The summed E-state index contributed by atoms with van der Waals surface area (Å²) in [4.78, 5) is 19.7. The number of alkyl halides is 3. The molecular formula is C23H20F4N6O3S. The number of halogens is 4. The Morgan fingerprint density at radius 3 is 2.49 bits per heavy atom. The van der Waals surface area contributed by atoms with Gasteiger partial charge in [-0.25, -0.2) is 22.5 Å². The number of nitrogens with zero attached hydrogens (tertiary/aromatic N) is 5. The Bertz CT molecular complexity index is 1630. The summed E-state index contributed by atoms with van der Waals surface area (Å²) in [7, 11) is -3.88. The summed E-state index contributed by atoms with van der Waals surface area (Å²) in [5, 5.41) is 7.72.